The zero-order chi connectivity index (χ0) is 17.6. The molecule has 0 saturated heterocycles. The predicted octanol–water partition coefficient (Wildman–Crippen LogP) is 4.74. The Balaban J connectivity index is 1.41. The van der Waals surface area contributed by atoms with Gasteiger partial charge in [0.25, 0.3) is 0 Å². The molecule has 0 unspecified atom stereocenters. The van der Waals surface area contributed by atoms with Crippen LogP contribution in [0.5, 0.6) is 11.5 Å². The van der Waals surface area contributed by atoms with Gasteiger partial charge in [-0.15, -0.1) is 0 Å². The summed E-state index contributed by atoms with van der Waals surface area (Å²) < 4.78 is 5.86. The Labute approximate surface area is 151 Å². The van der Waals surface area contributed by atoms with Gasteiger partial charge >= 0.3 is 0 Å². The molecule has 3 rings (SSSR count). The molecule has 1 aliphatic carbocycles. The summed E-state index contributed by atoms with van der Waals surface area (Å²) in [5.74, 6) is 1.94. The second-order valence-corrected chi connectivity index (χ2v) is 7.24. The highest BCUT2D eigenvalue weighted by atomic mass is 16.5. The number of phenols is 1. The molecule has 1 fully saturated rings. The van der Waals surface area contributed by atoms with Crippen molar-refractivity contribution >= 4 is 0 Å². The van der Waals surface area contributed by atoms with Crippen molar-refractivity contribution in [2.45, 2.75) is 44.6 Å². The van der Waals surface area contributed by atoms with Crippen molar-refractivity contribution in [3.63, 3.8) is 0 Å². The smallest absolute Gasteiger partial charge is 0.119 e. The van der Waals surface area contributed by atoms with Crippen LogP contribution >= 0.6 is 0 Å². The molecule has 0 aromatic heterocycles. The van der Waals surface area contributed by atoms with Crippen molar-refractivity contribution in [2.24, 2.45) is 0 Å². The topological polar surface area (TPSA) is 32.7 Å². The van der Waals surface area contributed by atoms with Gasteiger partial charge in [-0.1, -0.05) is 29.8 Å². The first kappa shape index (κ1) is 17.8. The fourth-order valence-corrected chi connectivity index (χ4v) is 3.72. The van der Waals surface area contributed by atoms with Gasteiger partial charge in [0.1, 0.15) is 18.1 Å². The van der Waals surface area contributed by atoms with E-state index < -0.39 is 0 Å². The summed E-state index contributed by atoms with van der Waals surface area (Å²) in [6.07, 6.45) is 4.90. The summed E-state index contributed by atoms with van der Waals surface area (Å²) in [6.45, 7) is 3.78. The minimum atomic E-state index is 0.353. The number of nitrogens with zero attached hydrogens (tertiary/aromatic N) is 1. The van der Waals surface area contributed by atoms with Crippen LogP contribution in [0, 0.1) is 6.92 Å². The summed E-state index contributed by atoms with van der Waals surface area (Å²) in [5.41, 5.74) is 2.62. The van der Waals surface area contributed by atoms with E-state index >= 15 is 0 Å². The van der Waals surface area contributed by atoms with E-state index in [0.717, 1.165) is 18.9 Å². The Morgan fingerprint density at radius 3 is 2.24 bits per heavy atom. The van der Waals surface area contributed by atoms with Crippen molar-refractivity contribution in [1.29, 1.82) is 0 Å². The molecule has 25 heavy (non-hydrogen) atoms. The van der Waals surface area contributed by atoms with Crippen LogP contribution in [-0.2, 0) is 0 Å². The minimum absolute atomic E-state index is 0.353. The van der Waals surface area contributed by atoms with Crippen LogP contribution in [0.15, 0.2) is 48.5 Å². The number of likely N-dealkylation sites (N-methyl/N-ethyl adjacent to an activating group) is 1. The Kier molecular flexibility index (Phi) is 5.98. The third-order valence-corrected chi connectivity index (χ3v) is 5.42. The van der Waals surface area contributed by atoms with Gasteiger partial charge in [-0.3, -0.25) is 0 Å². The molecular formula is C22H29NO2. The van der Waals surface area contributed by atoms with Crippen molar-refractivity contribution < 1.29 is 9.84 Å². The minimum Gasteiger partial charge on any atom is -0.508 e. The molecule has 1 aliphatic rings. The molecule has 1 saturated carbocycles. The molecular weight excluding hydrogens is 310 g/mol. The zero-order valence-electron chi connectivity index (χ0n) is 15.3. The first-order valence-corrected chi connectivity index (χ1v) is 9.30. The molecule has 2 aromatic rings. The van der Waals surface area contributed by atoms with Crippen molar-refractivity contribution in [1.82, 2.24) is 4.90 Å². The molecule has 3 heteroatoms. The Morgan fingerprint density at radius 2 is 1.60 bits per heavy atom. The number of hydrogen-bond acceptors (Lipinski definition) is 3. The molecule has 1 N–H and O–H groups in total. The van der Waals surface area contributed by atoms with Crippen molar-refractivity contribution in [3.8, 4) is 11.5 Å². The van der Waals surface area contributed by atoms with Gasteiger partial charge in [0.05, 0.1) is 0 Å². The number of phenolic OH excluding ortho intramolecular Hbond substituents is 1. The van der Waals surface area contributed by atoms with E-state index in [4.69, 9.17) is 4.74 Å². The molecule has 0 spiro atoms. The number of aryl methyl sites for hydroxylation is 1. The summed E-state index contributed by atoms with van der Waals surface area (Å²) >= 11 is 0. The lowest BCUT2D eigenvalue weighted by Crippen LogP contribution is -2.37. The number of benzene rings is 2. The largest absolute Gasteiger partial charge is 0.508 e. The normalized spacial score (nSPS) is 20.6. The lowest BCUT2D eigenvalue weighted by atomic mass is 9.81. The van der Waals surface area contributed by atoms with E-state index in [1.165, 1.54) is 36.8 Å². The summed E-state index contributed by atoms with van der Waals surface area (Å²) in [6, 6.07) is 16.6. The number of hydrogen-bond donors (Lipinski definition) is 1. The monoisotopic (exact) mass is 339 g/mol. The quantitative estimate of drug-likeness (QED) is 0.825. The van der Waals surface area contributed by atoms with Crippen molar-refractivity contribution in [3.05, 3.63) is 59.7 Å². The third kappa shape index (κ3) is 4.99. The Hall–Kier alpha value is -2.00. The van der Waals surface area contributed by atoms with Gasteiger partial charge in [-0.25, -0.2) is 0 Å². The number of ether oxygens (including phenoxy) is 1. The van der Waals surface area contributed by atoms with Gasteiger partial charge in [0, 0.05) is 12.6 Å². The summed E-state index contributed by atoms with van der Waals surface area (Å²) in [5, 5.41) is 9.43. The van der Waals surface area contributed by atoms with Gasteiger partial charge in [-0.2, -0.15) is 0 Å². The van der Waals surface area contributed by atoms with Gasteiger partial charge < -0.3 is 14.7 Å². The van der Waals surface area contributed by atoms with E-state index in [1.807, 2.05) is 12.1 Å². The molecule has 0 bridgehead atoms. The lowest BCUT2D eigenvalue weighted by Gasteiger charge is -2.34. The van der Waals surface area contributed by atoms with E-state index in [0.29, 0.717) is 17.7 Å². The number of aromatic hydroxyl groups is 1. The van der Waals surface area contributed by atoms with Crippen molar-refractivity contribution in [2.75, 3.05) is 20.2 Å². The summed E-state index contributed by atoms with van der Waals surface area (Å²) in [4.78, 5) is 2.45. The first-order chi connectivity index (χ1) is 12.1. The van der Waals surface area contributed by atoms with Gasteiger partial charge in [0.15, 0.2) is 0 Å². The number of rotatable bonds is 6. The molecule has 0 atom stereocenters. The third-order valence-electron chi connectivity index (χ3n) is 5.42. The van der Waals surface area contributed by atoms with Gasteiger partial charge in [-0.05, 0) is 75.4 Å². The Morgan fingerprint density at radius 1 is 0.960 bits per heavy atom. The van der Waals surface area contributed by atoms with Crippen LogP contribution in [-0.4, -0.2) is 36.2 Å². The van der Waals surface area contributed by atoms with Crippen LogP contribution in [0.4, 0.5) is 0 Å². The molecule has 0 heterocycles. The molecule has 3 nitrogen and oxygen atoms in total. The van der Waals surface area contributed by atoms with E-state index in [-0.39, 0.29) is 0 Å². The highest BCUT2D eigenvalue weighted by Gasteiger charge is 2.24. The standard InChI is InChI=1S/C22H29NO2/c1-17-3-13-22(14-4-17)25-16-15-23(2)20-9-5-18(6-10-20)19-7-11-21(24)12-8-19/h3-4,7-8,11-14,18,20,24H,5-6,9-10,15-16H2,1-2H3/t18-,20-. The van der Waals surface area contributed by atoms with Crippen LogP contribution in [0.2, 0.25) is 0 Å². The average Bonchev–Trinajstić information content (AvgIpc) is 2.64. The lowest BCUT2D eigenvalue weighted by molar-refractivity contribution is 0.154. The Bertz CT molecular complexity index is 643. The zero-order valence-corrected chi connectivity index (χ0v) is 15.3. The second-order valence-electron chi connectivity index (χ2n) is 7.24. The van der Waals surface area contributed by atoms with E-state index in [1.54, 1.807) is 12.1 Å². The molecule has 0 radical (unpaired) electrons. The van der Waals surface area contributed by atoms with E-state index in [2.05, 4.69) is 43.1 Å². The average molecular weight is 339 g/mol. The first-order valence-electron chi connectivity index (χ1n) is 9.30. The van der Waals surface area contributed by atoms with Gasteiger partial charge in [0.2, 0.25) is 0 Å². The fourth-order valence-electron chi connectivity index (χ4n) is 3.72. The van der Waals surface area contributed by atoms with Crippen LogP contribution in [0.3, 0.4) is 0 Å². The maximum atomic E-state index is 9.43. The maximum Gasteiger partial charge on any atom is 0.119 e. The predicted molar refractivity (Wildman–Crippen MR) is 102 cm³/mol. The van der Waals surface area contributed by atoms with E-state index in [9.17, 15) is 5.11 Å². The van der Waals surface area contributed by atoms with Crippen LogP contribution in [0.1, 0.15) is 42.7 Å². The van der Waals surface area contributed by atoms with Crippen LogP contribution < -0.4 is 4.74 Å². The molecule has 2 aromatic carbocycles. The molecule has 134 valence electrons. The molecule has 0 amide bonds. The fraction of sp³-hybridized carbons (Fsp3) is 0.455. The SMILES string of the molecule is Cc1ccc(OCCN(C)[C@H]2CC[C@H](c3ccc(O)cc3)CC2)cc1. The summed E-state index contributed by atoms with van der Waals surface area (Å²) in [7, 11) is 2.21. The highest BCUT2D eigenvalue weighted by Crippen LogP contribution is 2.34. The molecule has 0 aliphatic heterocycles. The second kappa shape index (κ2) is 8.39. The maximum absolute atomic E-state index is 9.43. The highest BCUT2D eigenvalue weighted by molar-refractivity contribution is 5.28. The van der Waals surface area contributed by atoms with Crippen LogP contribution in [0.25, 0.3) is 0 Å².